The first-order valence-corrected chi connectivity index (χ1v) is 10.3. The van der Waals surface area contributed by atoms with E-state index in [1.165, 1.54) is 17.1 Å². The van der Waals surface area contributed by atoms with Crippen LogP contribution in [0, 0.1) is 0 Å². The zero-order chi connectivity index (χ0) is 20.3. The van der Waals surface area contributed by atoms with Crippen LogP contribution in [-0.4, -0.2) is 30.7 Å². The van der Waals surface area contributed by atoms with E-state index in [2.05, 4.69) is 20.7 Å². The number of anilines is 1. The number of aromatic hydroxyl groups is 1. The number of hydrazine groups is 1. The summed E-state index contributed by atoms with van der Waals surface area (Å²) in [4.78, 5) is 0.137. The molecule has 0 spiro atoms. The van der Waals surface area contributed by atoms with E-state index >= 15 is 0 Å². The number of rotatable bonds is 6. The van der Waals surface area contributed by atoms with E-state index in [1.807, 2.05) is 30.3 Å². The molecule has 0 saturated carbocycles. The van der Waals surface area contributed by atoms with Crippen LogP contribution < -0.4 is 15.6 Å². The fourth-order valence-corrected chi connectivity index (χ4v) is 3.98. The Labute approximate surface area is 168 Å². The molecule has 3 aromatic carbocycles. The molecule has 0 aromatic heterocycles. The van der Waals surface area contributed by atoms with Gasteiger partial charge in [0.05, 0.1) is 16.1 Å². The van der Waals surface area contributed by atoms with Gasteiger partial charge in [-0.05, 0) is 36.4 Å². The largest absolute Gasteiger partial charge is 0.507 e. The predicted octanol–water partition coefficient (Wildman–Crippen LogP) is 2.25. The first kappa shape index (κ1) is 18.8. The second kappa shape index (κ2) is 7.82. The van der Waals surface area contributed by atoms with Crippen molar-refractivity contribution in [2.24, 2.45) is 5.10 Å². The van der Waals surface area contributed by atoms with Crippen molar-refractivity contribution in [3.05, 3.63) is 90.5 Å². The summed E-state index contributed by atoms with van der Waals surface area (Å²) in [5.41, 5.74) is 7.10. The Morgan fingerprint density at radius 1 is 0.897 bits per heavy atom. The Hall–Kier alpha value is -3.56. The number of para-hydroxylation sites is 2. The highest BCUT2D eigenvalue weighted by Gasteiger charge is 2.33. The molecule has 0 saturated heterocycles. The molecule has 148 valence electrons. The molecular weight excluding hydrogens is 390 g/mol. The van der Waals surface area contributed by atoms with Gasteiger partial charge in [-0.15, -0.1) is 0 Å². The van der Waals surface area contributed by atoms with Gasteiger partial charge in [-0.1, -0.05) is 48.5 Å². The van der Waals surface area contributed by atoms with Crippen molar-refractivity contribution in [2.75, 3.05) is 5.43 Å². The van der Waals surface area contributed by atoms with Crippen LogP contribution in [0.3, 0.4) is 0 Å². The first-order chi connectivity index (χ1) is 14.0. The van der Waals surface area contributed by atoms with Crippen molar-refractivity contribution >= 4 is 21.5 Å². The summed E-state index contributed by atoms with van der Waals surface area (Å²) in [6, 6.07) is 24.0. The molecular formula is C20H19N5O3S. The fraction of sp³-hybridized carbons (Fsp3) is 0.0500. The lowest BCUT2D eigenvalue weighted by molar-refractivity contribution is 0.325. The van der Waals surface area contributed by atoms with Gasteiger partial charge in [0.15, 0.2) is 5.84 Å². The molecule has 0 radical (unpaired) electrons. The third kappa shape index (κ3) is 4.00. The molecule has 1 unspecified atom stereocenters. The molecule has 1 atom stereocenters. The van der Waals surface area contributed by atoms with E-state index in [9.17, 15) is 13.5 Å². The van der Waals surface area contributed by atoms with Crippen LogP contribution in [0.15, 0.2) is 94.9 Å². The van der Waals surface area contributed by atoms with Gasteiger partial charge >= 0.3 is 0 Å². The Morgan fingerprint density at radius 3 is 2.21 bits per heavy atom. The summed E-state index contributed by atoms with van der Waals surface area (Å²) in [7, 11) is -3.81. The lowest BCUT2D eigenvalue weighted by atomic mass is 10.2. The van der Waals surface area contributed by atoms with Crippen LogP contribution in [0.4, 0.5) is 5.69 Å². The monoisotopic (exact) mass is 409 g/mol. The number of hydrogen-bond acceptors (Lipinski definition) is 7. The summed E-state index contributed by atoms with van der Waals surface area (Å²) in [6.45, 7) is 0. The Balaban J connectivity index is 1.66. The van der Waals surface area contributed by atoms with Gasteiger partial charge in [0.2, 0.25) is 16.3 Å². The zero-order valence-electron chi connectivity index (χ0n) is 15.2. The van der Waals surface area contributed by atoms with Crippen molar-refractivity contribution in [2.45, 2.75) is 11.2 Å². The minimum Gasteiger partial charge on any atom is -0.507 e. The first-order valence-electron chi connectivity index (χ1n) is 8.84. The van der Waals surface area contributed by atoms with Gasteiger partial charge < -0.3 is 5.11 Å². The molecule has 1 heterocycles. The average molecular weight is 409 g/mol. The van der Waals surface area contributed by atoms with E-state index in [4.69, 9.17) is 0 Å². The SMILES string of the molecule is O=S(=O)(NC1NN=C(c2ccccc2O)N1Nc1ccccc1)c1ccccc1. The van der Waals surface area contributed by atoms with Crippen LogP contribution in [-0.2, 0) is 10.0 Å². The van der Waals surface area contributed by atoms with E-state index in [0.717, 1.165) is 5.69 Å². The zero-order valence-corrected chi connectivity index (χ0v) is 16.0. The minimum absolute atomic E-state index is 0.0273. The number of phenolic OH excluding ortho intramolecular Hbond substituents is 1. The van der Waals surface area contributed by atoms with Crippen molar-refractivity contribution in [1.29, 1.82) is 0 Å². The van der Waals surface area contributed by atoms with Gasteiger partial charge in [-0.2, -0.15) is 9.82 Å². The Morgan fingerprint density at radius 2 is 1.52 bits per heavy atom. The third-order valence-electron chi connectivity index (χ3n) is 4.27. The average Bonchev–Trinajstić information content (AvgIpc) is 3.11. The lowest BCUT2D eigenvalue weighted by Crippen LogP contribution is -2.54. The van der Waals surface area contributed by atoms with E-state index in [-0.39, 0.29) is 10.6 Å². The maximum atomic E-state index is 12.8. The van der Waals surface area contributed by atoms with Gasteiger partial charge in [-0.3, -0.25) is 10.9 Å². The summed E-state index contributed by atoms with van der Waals surface area (Å²) in [6.07, 6.45) is -0.921. The maximum Gasteiger partial charge on any atom is 0.243 e. The molecule has 4 N–H and O–H groups in total. The van der Waals surface area contributed by atoms with Gasteiger partial charge in [-0.25, -0.2) is 13.4 Å². The minimum atomic E-state index is -3.81. The summed E-state index contributed by atoms with van der Waals surface area (Å²) >= 11 is 0. The molecule has 1 aliphatic rings. The Bertz CT molecular complexity index is 1120. The smallest absolute Gasteiger partial charge is 0.243 e. The van der Waals surface area contributed by atoms with Crippen molar-refractivity contribution in [3.63, 3.8) is 0 Å². The van der Waals surface area contributed by atoms with E-state index < -0.39 is 16.3 Å². The third-order valence-corrected chi connectivity index (χ3v) is 5.69. The molecule has 0 bridgehead atoms. The van der Waals surface area contributed by atoms with Crippen molar-refractivity contribution in [3.8, 4) is 5.75 Å². The lowest BCUT2D eigenvalue weighted by Gasteiger charge is -2.28. The van der Waals surface area contributed by atoms with Crippen LogP contribution in [0.2, 0.25) is 0 Å². The second-order valence-corrected chi connectivity index (χ2v) is 7.98. The predicted molar refractivity (Wildman–Crippen MR) is 110 cm³/mol. The number of nitrogens with one attached hydrogen (secondary N) is 3. The summed E-state index contributed by atoms with van der Waals surface area (Å²) < 4.78 is 28.2. The number of nitrogens with zero attached hydrogens (tertiary/aromatic N) is 2. The number of amidine groups is 1. The molecule has 29 heavy (non-hydrogen) atoms. The van der Waals surface area contributed by atoms with Crippen LogP contribution in [0.1, 0.15) is 5.56 Å². The molecule has 1 aliphatic heterocycles. The second-order valence-electron chi connectivity index (χ2n) is 6.27. The highest BCUT2D eigenvalue weighted by molar-refractivity contribution is 7.89. The van der Waals surface area contributed by atoms with E-state index in [1.54, 1.807) is 42.5 Å². The highest BCUT2D eigenvalue weighted by atomic mass is 32.2. The maximum absolute atomic E-state index is 12.8. The molecule has 0 amide bonds. The normalized spacial score (nSPS) is 16.2. The number of benzene rings is 3. The van der Waals surface area contributed by atoms with Crippen LogP contribution >= 0.6 is 0 Å². The van der Waals surface area contributed by atoms with E-state index in [0.29, 0.717) is 11.4 Å². The number of sulfonamides is 1. The summed E-state index contributed by atoms with van der Waals surface area (Å²) in [5.74, 6) is 0.368. The quantitative estimate of drug-likeness (QED) is 0.498. The molecule has 4 rings (SSSR count). The van der Waals surface area contributed by atoms with Gasteiger partial charge in [0.1, 0.15) is 5.75 Å². The highest BCUT2D eigenvalue weighted by Crippen LogP contribution is 2.23. The molecule has 8 nitrogen and oxygen atoms in total. The number of hydrazone groups is 1. The van der Waals surface area contributed by atoms with Crippen LogP contribution in [0.5, 0.6) is 5.75 Å². The topological polar surface area (TPSA) is 106 Å². The molecule has 9 heteroatoms. The number of hydrogen-bond donors (Lipinski definition) is 4. The standard InChI is InChI=1S/C20H19N5O3S/c26-18-14-8-7-13-17(18)19-21-22-20(25(19)23-15-9-3-1-4-10-15)24-29(27,28)16-11-5-2-6-12-16/h1-14,20,22-24,26H. The molecule has 0 fully saturated rings. The molecule has 3 aromatic rings. The fourth-order valence-electron chi connectivity index (χ4n) is 2.87. The van der Waals surface area contributed by atoms with Gasteiger partial charge in [0.25, 0.3) is 0 Å². The van der Waals surface area contributed by atoms with Crippen LogP contribution in [0.25, 0.3) is 0 Å². The van der Waals surface area contributed by atoms with Gasteiger partial charge in [0, 0.05) is 0 Å². The molecule has 0 aliphatic carbocycles. The number of phenols is 1. The Kier molecular flexibility index (Phi) is 5.07. The van der Waals surface area contributed by atoms with Crippen molar-refractivity contribution < 1.29 is 13.5 Å². The summed E-state index contributed by atoms with van der Waals surface area (Å²) in [5, 5.41) is 16.0. The van der Waals surface area contributed by atoms with Crippen molar-refractivity contribution in [1.82, 2.24) is 15.2 Å².